The minimum Gasteiger partial charge on any atom is -0.466 e. The van der Waals surface area contributed by atoms with Crippen LogP contribution in [0.5, 0.6) is 0 Å². The van der Waals surface area contributed by atoms with E-state index < -0.39 is 49.5 Å². The number of aliphatic hydroxyl groups excluding tert-OH is 5. The molecule has 0 aromatic rings. The lowest BCUT2D eigenvalue weighted by atomic mass is 9.99. The molecule has 7 unspecified atom stereocenters. The molecule has 84 heavy (non-hydrogen) atoms. The first kappa shape index (κ1) is 79.1. The summed E-state index contributed by atoms with van der Waals surface area (Å²) in [4.78, 5) is 25.1. The van der Waals surface area contributed by atoms with Gasteiger partial charge in [-0.3, -0.25) is 9.59 Å². The number of carbonyl (C=O) groups excluding carboxylic acids is 2. The van der Waals surface area contributed by atoms with Gasteiger partial charge >= 0.3 is 5.97 Å². The number of esters is 1. The SMILES string of the molecule is CCCCC/C=C/CC/C=C/C(O)C(COC1OC(CO)C(O)C(O)C1O)NC(=O)CCCCCCCCCCCCCCC/C=C\C/C=C\CCCCCCCCCCCOC(=O)CCCCCCCCC/C=C\C/C=C\CCCCCC. The highest BCUT2D eigenvalue weighted by Gasteiger charge is 2.44. The van der Waals surface area contributed by atoms with Crippen LogP contribution in [0.1, 0.15) is 316 Å². The molecule has 0 aliphatic carbocycles. The van der Waals surface area contributed by atoms with E-state index in [1.807, 2.05) is 6.08 Å². The predicted molar refractivity (Wildman–Crippen MR) is 352 cm³/mol. The Morgan fingerprint density at radius 3 is 1.27 bits per heavy atom. The topological polar surface area (TPSA) is 175 Å². The van der Waals surface area contributed by atoms with Gasteiger partial charge in [-0.15, -0.1) is 0 Å². The number of ether oxygens (including phenoxy) is 3. The first-order valence-corrected chi connectivity index (χ1v) is 35.2. The third-order valence-corrected chi connectivity index (χ3v) is 16.3. The Balaban J connectivity index is 1.93. The second-order valence-corrected chi connectivity index (χ2v) is 24.2. The average molecular weight is 1180 g/mol. The number of hydrogen-bond acceptors (Lipinski definition) is 10. The van der Waals surface area contributed by atoms with Crippen molar-refractivity contribution in [1.82, 2.24) is 5.32 Å². The molecule has 0 bridgehead atoms. The van der Waals surface area contributed by atoms with E-state index in [4.69, 9.17) is 14.2 Å². The highest BCUT2D eigenvalue weighted by molar-refractivity contribution is 5.76. The number of allylic oxidation sites excluding steroid dienone is 11. The summed E-state index contributed by atoms with van der Waals surface area (Å²) < 4.78 is 16.7. The van der Waals surface area contributed by atoms with Gasteiger partial charge in [0.15, 0.2) is 6.29 Å². The van der Waals surface area contributed by atoms with Crippen molar-refractivity contribution in [3.05, 3.63) is 72.9 Å². The van der Waals surface area contributed by atoms with Gasteiger partial charge in [-0.2, -0.15) is 0 Å². The zero-order valence-corrected chi connectivity index (χ0v) is 54.1. The summed E-state index contributed by atoms with van der Waals surface area (Å²) in [6.45, 7) is 4.26. The van der Waals surface area contributed by atoms with Gasteiger partial charge in [0.05, 0.1) is 32.0 Å². The lowest BCUT2D eigenvalue weighted by Gasteiger charge is -2.40. The van der Waals surface area contributed by atoms with Gasteiger partial charge < -0.3 is 45.1 Å². The van der Waals surface area contributed by atoms with E-state index in [2.05, 4.69) is 79.9 Å². The van der Waals surface area contributed by atoms with Crippen molar-refractivity contribution >= 4 is 11.9 Å². The lowest BCUT2D eigenvalue weighted by molar-refractivity contribution is -0.302. The molecule has 1 amide bonds. The summed E-state index contributed by atoms with van der Waals surface area (Å²) in [7, 11) is 0. The summed E-state index contributed by atoms with van der Waals surface area (Å²) in [5.74, 6) is -0.201. The molecule has 1 aliphatic rings. The summed E-state index contributed by atoms with van der Waals surface area (Å²) in [6, 6.07) is -0.828. The number of aliphatic hydroxyl groups is 5. The summed E-state index contributed by atoms with van der Waals surface area (Å²) >= 11 is 0. The minimum absolute atomic E-state index is 0.00485. The van der Waals surface area contributed by atoms with Crippen LogP contribution in [-0.2, 0) is 23.8 Å². The predicted octanol–water partition coefficient (Wildman–Crippen LogP) is 17.9. The Morgan fingerprint density at radius 1 is 0.440 bits per heavy atom. The van der Waals surface area contributed by atoms with E-state index in [0.717, 1.165) is 70.6 Å². The second kappa shape index (κ2) is 61.7. The zero-order valence-electron chi connectivity index (χ0n) is 54.1. The molecule has 7 atom stereocenters. The molecule has 11 nitrogen and oxygen atoms in total. The van der Waals surface area contributed by atoms with Crippen molar-refractivity contribution in [2.24, 2.45) is 0 Å². The van der Waals surface area contributed by atoms with Gasteiger partial charge in [0, 0.05) is 12.8 Å². The molecule has 0 radical (unpaired) electrons. The normalized spacial score (nSPS) is 18.5. The van der Waals surface area contributed by atoms with Crippen molar-refractivity contribution in [2.45, 2.75) is 358 Å². The van der Waals surface area contributed by atoms with Gasteiger partial charge in [0.1, 0.15) is 24.4 Å². The number of unbranched alkanes of at least 4 members (excludes halogenated alkanes) is 37. The number of nitrogens with one attached hydrogen (secondary N) is 1. The molecule has 1 saturated heterocycles. The highest BCUT2D eigenvalue weighted by atomic mass is 16.7. The molecule has 0 aromatic heterocycles. The summed E-state index contributed by atoms with van der Waals surface area (Å²) in [5.41, 5.74) is 0. The Labute approximate surface area is 515 Å². The van der Waals surface area contributed by atoms with Crippen LogP contribution in [0.25, 0.3) is 0 Å². The van der Waals surface area contributed by atoms with Crippen molar-refractivity contribution in [2.75, 3.05) is 19.8 Å². The van der Waals surface area contributed by atoms with Crippen LogP contribution in [0.3, 0.4) is 0 Å². The monoisotopic (exact) mass is 1180 g/mol. The van der Waals surface area contributed by atoms with Crippen molar-refractivity contribution < 1.29 is 49.3 Å². The van der Waals surface area contributed by atoms with E-state index in [-0.39, 0.29) is 18.5 Å². The molecule has 1 aliphatic heterocycles. The zero-order chi connectivity index (χ0) is 60.9. The third-order valence-electron chi connectivity index (χ3n) is 16.3. The molecule has 6 N–H and O–H groups in total. The van der Waals surface area contributed by atoms with E-state index in [1.165, 1.54) is 218 Å². The van der Waals surface area contributed by atoms with Crippen LogP contribution >= 0.6 is 0 Å². The molecular weight excluding hydrogens is 1050 g/mol. The maximum atomic E-state index is 13.0. The van der Waals surface area contributed by atoms with Crippen LogP contribution in [0, 0.1) is 0 Å². The molecule has 11 heteroatoms. The van der Waals surface area contributed by atoms with Crippen molar-refractivity contribution in [3.63, 3.8) is 0 Å². The molecule has 0 aromatic carbocycles. The average Bonchev–Trinajstić information content (AvgIpc) is 3.59. The molecule has 0 spiro atoms. The fraction of sp³-hybridized carbons (Fsp3) is 0.808. The van der Waals surface area contributed by atoms with Gasteiger partial charge in [-0.1, -0.05) is 267 Å². The van der Waals surface area contributed by atoms with Gasteiger partial charge in [-0.05, 0) is 109 Å². The Hall–Kier alpha value is -2.90. The quantitative estimate of drug-likeness (QED) is 0.0195. The maximum Gasteiger partial charge on any atom is 0.305 e. The van der Waals surface area contributed by atoms with E-state index in [1.54, 1.807) is 6.08 Å². The minimum atomic E-state index is -1.58. The number of amides is 1. The molecule has 488 valence electrons. The van der Waals surface area contributed by atoms with Crippen molar-refractivity contribution in [1.29, 1.82) is 0 Å². The van der Waals surface area contributed by atoms with Gasteiger partial charge in [0.25, 0.3) is 0 Å². The number of carbonyl (C=O) groups is 2. The Bertz CT molecular complexity index is 1630. The Kier molecular flexibility index (Phi) is 58.1. The number of hydrogen-bond donors (Lipinski definition) is 6. The second-order valence-electron chi connectivity index (χ2n) is 24.2. The molecule has 1 rings (SSSR count). The standard InChI is InChI=1S/C73H131NO10/c1-3-5-7-9-11-13-14-15-16-17-32-35-38-41-45-49-53-57-61-69(78)82-62-58-54-50-46-42-39-36-33-30-28-26-24-22-20-18-19-21-23-25-27-29-31-34-37-40-44-48-52-56-60-68(77)74-65(66(76)59-55-51-47-43-12-10-8-6-4-2)64-83-73-72(81)71(80)70(79)67(63-75)84-73/h12-14,16-18,20,24,26,43,55,59,65-67,70-73,75-76,79-81H,3-11,15,19,21-23,25,27-42,44-54,56-58,60-64H2,1-2H3,(H,74,77)/b14-13-,17-16-,20-18-,26-24-,43-12+,59-55+. The van der Waals surface area contributed by atoms with Crippen LogP contribution < -0.4 is 5.32 Å². The van der Waals surface area contributed by atoms with E-state index in [9.17, 15) is 35.1 Å². The van der Waals surface area contributed by atoms with Gasteiger partial charge in [-0.25, -0.2) is 0 Å². The first-order chi connectivity index (χ1) is 41.2. The molecular formula is C73H131NO10. The van der Waals surface area contributed by atoms with Crippen LogP contribution in [0.15, 0.2) is 72.9 Å². The number of rotatable bonds is 61. The largest absolute Gasteiger partial charge is 0.466 e. The van der Waals surface area contributed by atoms with Crippen molar-refractivity contribution in [3.8, 4) is 0 Å². The fourth-order valence-electron chi connectivity index (χ4n) is 10.7. The molecule has 1 heterocycles. The van der Waals surface area contributed by atoms with E-state index in [0.29, 0.717) is 19.4 Å². The van der Waals surface area contributed by atoms with Crippen LogP contribution in [0.2, 0.25) is 0 Å². The lowest BCUT2D eigenvalue weighted by Crippen LogP contribution is -2.60. The summed E-state index contributed by atoms with van der Waals surface area (Å²) in [6.07, 6.45) is 73.4. The Morgan fingerprint density at radius 2 is 0.810 bits per heavy atom. The highest BCUT2D eigenvalue weighted by Crippen LogP contribution is 2.23. The third kappa shape index (κ3) is 50.1. The van der Waals surface area contributed by atoms with Crippen LogP contribution in [-0.4, -0.2) is 100 Å². The van der Waals surface area contributed by atoms with Gasteiger partial charge in [0.2, 0.25) is 5.91 Å². The maximum absolute atomic E-state index is 13.0. The fourth-order valence-corrected chi connectivity index (χ4v) is 10.7. The van der Waals surface area contributed by atoms with E-state index >= 15 is 0 Å². The molecule has 0 saturated carbocycles. The van der Waals surface area contributed by atoms with Crippen LogP contribution in [0.4, 0.5) is 0 Å². The summed E-state index contributed by atoms with van der Waals surface area (Å²) in [5, 5.41) is 54.2. The first-order valence-electron chi connectivity index (χ1n) is 35.2. The smallest absolute Gasteiger partial charge is 0.305 e. The molecule has 1 fully saturated rings.